The van der Waals surface area contributed by atoms with Gasteiger partial charge in [0.1, 0.15) is 5.75 Å². The summed E-state index contributed by atoms with van der Waals surface area (Å²) >= 11 is 0. The van der Waals surface area contributed by atoms with Crippen molar-refractivity contribution in [3.63, 3.8) is 0 Å². The number of ketones is 1. The predicted molar refractivity (Wildman–Crippen MR) is 88.9 cm³/mol. The second kappa shape index (κ2) is 6.78. The van der Waals surface area contributed by atoms with Crippen LogP contribution in [-0.4, -0.2) is 11.8 Å². The standard InChI is InChI=1S/C20H20O3/c1-14(21)16-8-10-19(11-9-16)23-20(22)13-15-6-7-17-4-2-3-5-18(17)12-15/h6-12H,2-5,13H2,1H3. The first-order valence-electron chi connectivity index (χ1n) is 8.04. The first-order chi connectivity index (χ1) is 11.1. The number of carbonyl (C=O) groups is 2. The molecule has 0 aliphatic heterocycles. The van der Waals surface area contributed by atoms with E-state index < -0.39 is 0 Å². The third kappa shape index (κ3) is 3.86. The third-order valence-electron chi connectivity index (χ3n) is 4.25. The SMILES string of the molecule is CC(=O)c1ccc(OC(=O)Cc2ccc3c(c2)CCCC3)cc1. The fourth-order valence-corrected chi connectivity index (χ4v) is 2.99. The summed E-state index contributed by atoms with van der Waals surface area (Å²) in [5.41, 5.74) is 4.39. The largest absolute Gasteiger partial charge is 0.426 e. The van der Waals surface area contributed by atoms with Gasteiger partial charge in [-0.2, -0.15) is 0 Å². The number of ether oxygens (including phenoxy) is 1. The summed E-state index contributed by atoms with van der Waals surface area (Å²) in [6, 6.07) is 12.9. The molecule has 0 radical (unpaired) electrons. The average molecular weight is 308 g/mol. The van der Waals surface area contributed by atoms with Crippen LogP contribution in [0.1, 0.15) is 46.8 Å². The van der Waals surface area contributed by atoms with E-state index in [2.05, 4.69) is 12.1 Å². The Morgan fingerprint density at radius 1 is 0.957 bits per heavy atom. The molecule has 0 N–H and O–H groups in total. The van der Waals surface area contributed by atoms with E-state index in [1.807, 2.05) is 6.07 Å². The zero-order valence-electron chi connectivity index (χ0n) is 13.3. The number of benzene rings is 2. The van der Waals surface area contributed by atoms with Gasteiger partial charge in [-0.05, 0) is 73.6 Å². The van der Waals surface area contributed by atoms with E-state index in [0.717, 1.165) is 18.4 Å². The third-order valence-corrected chi connectivity index (χ3v) is 4.25. The van der Waals surface area contributed by atoms with Gasteiger partial charge in [-0.25, -0.2) is 0 Å². The Morgan fingerprint density at radius 3 is 2.35 bits per heavy atom. The molecular weight excluding hydrogens is 288 g/mol. The minimum atomic E-state index is -0.281. The highest BCUT2D eigenvalue weighted by atomic mass is 16.5. The van der Waals surface area contributed by atoms with Gasteiger partial charge in [-0.1, -0.05) is 18.2 Å². The fourth-order valence-electron chi connectivity index (χ4n) is 2.99. The summed E-state index contributed by atoms with van der Waals surface area (Å²) in [6.07, 6.45) is 4.99. The van der Waals surface area contributed by atoms with Crippen LogP contribution < -0.4 is 4.74 Å². The van der Waals surface area contributed by atoms with Gasteiger partial charge in [0, 0.05) is 5.56 Å². The smallest absolute Gasteiger partial charge is 0.315 e. The van der Waals surface area contributed by atoms with Gasteiger partial charge in [0.25, 0.3) is 0 Å². The highest BCUT2D eigenvalue weighted by Crippen LogP contribution is 2.22. The maximum atomic E-state index is 12.1. The molecule has 1 aliphatic rings. The van der Waals surface area contributed by atoms with Gasteiger partial charge < -0.3 is 4.74 Å². The molecule has 0 amide bonds. The van der Waals surface area contributed by atoms with Gasteiger partial charge >= 0.3 is 5.97 Å². The summed E-state index contributed by atoms with van der Waals surface area (Å²) in [7, 11) is 0. The van der Waals surface area contributed by atoms with E-state index in [9.17, 15) is 9.59 Å². The lowest BCUT2D eigenvalue weighted by atomic mass is 9.90. The van der Waals surface area contributed by atoms with Crippen LogP contribution in [0.25, 0.3) is 0 Å². The second-order valence-corrected chi connectivity index (χ2v) is 6.04. The van der Waals surface area contributed by atoms with Crippen molar-refractivity contribution < 1.29 is 14.3 Å². The number of hydrogen-bond donors (Lipinski definition) is 0. The molecule has 0 bridgehead atoms. The summed E-state index contributed by atoms with van der Waals surface area (Å²) in [4.78, 5) is 23.3. The quantitative estimate of drug-likeness (QED) is 0.488. The maximum absolute atomic E-state index is 12.1. The first-order valence-corrected chi connectivity index (χ1v) is 8.04. The lowest BCUT2D eigenvalue weighted by Crippen LogP contribution is -2.12. The summed E-state index contributed by atoms with van der Waals surface area (Å²) in [5.74, 6) is 0.186. The second-order valence-electron chi connectivity index (χ2n) is 6.04. The first kappa shape index (κ1) is 15.5. The zero-order chi connectivity index (χ0) is 16.2. The van der Waals surface area contributed by atoms with Crippen LogP contribution in [0.5, 0.6) is 5.75 Å². The summed E-state index contributed by atoms with van der Waals surface area (Å²) in [5, 5.41) is 0. The minimum absolute atomic E-state index is 0.00284. The van der Waals surface area contributed by atoms with Crippen molar-refractivity contribution in [2.45, 2.75) is 39.0 Å². The van der Waals surface area contributed by atoms with Crippen LogP contribution in [0.15, 0.2) is 42.5 Å². The molecule has 0 heterocycles. The number of carbonyl (C=O) groups excluding carboxylic acids is 2. The van der Waals surface area contributed by atoms with Crippen LogP contribution in [0, 0.1) is 0 Å². The van der Waals surface area contributed by atoms with Crippen molar-refractivity contribution in [3.8, 4) is 5.75 Å². The Morgan fingerprint density at radius 2 is 1.65 bits per heavy atom. The maximum Gasteiger partial charge on any atom is 0.315 e. The molecule has 2 aromatic carbocycles. The zero-order valence-corrected chi connectivity index (χ0v) is 13.3. The predicted octanol–water partition coefficient (Wildman–Crippen LogP) is 3.92. The Bertz CT molecular complexity index is 729. The molecule has 1 aliphatic carbocycles. The van der Waals surface area contributed by atoms with Crippen molar-refractivity contribution in [1.82, 2.24) is 0 Å². The van der Waals surface area contributed by atoms with Gasteiger partial charge in [0.05, 0.1) is 6.42 Å². The summed E-state index contributed by atoms with van der Waals surface area (Å²) in [6.45, 7) is 1.51. The molecule has 0 saturated heterocycles. The molecule has 0 atom stereocenters. The normalized spacial score (nSPS) is 13.3. The molecule has 3 heteroatoms. The number of esters is 1. The van der Waals surface area contributed by atoms with Crippen LogP contribution in [-0.2, 0) is 24.1 Å². The molecule has 0 spiro atoms. The molecule has 23 heavy (non-hydrogen) atoms. The van der Waals surface area contributed by atoms with E-state index in [-0.39, 0.29) is 18.2 Å². The summed E-state index contributed by atoms with van der Waals surface area (Å²) < 4.78 is 5.35. The van der Waals surface area contributed by atoms with Crippen molar-refractivity contribution in [1.29, 1.82) is 0 Å². The average Bonchev–Trinajstić information content (AvgIpc) is 2.55. The van der Waals surface area contributed by atoms with E-state index >= 15 is 0 Å². The van der Waals surface area contributed by atoms with Crippen molar-refractivity contribution in [2.75, 3.05) is 0 Å². The minimum Gasteiger partial charge on any atom is -0.426 e. The lowest BCUT2D eigenvalue weighted by molar-refractivity contribution is -0.133. The molecule has 3 nitrogen and oxygen atoms in total. The Kier molecular flexibility index (Phi) is 4.56. The van der Waals surface area contributed by atoms with Crippen LogP contribution in [0.4, 0.5) is 0 Å². The van der Waals surface area contributed by atoms with Gasteiger partial charge in [-0.15, -0.1) is 0 Å². The van der Waals surface area contributed by atoms with Crippen molar-refractivity contribution >= 4 is 11.8 Å². The topological polar surface area (TPSA) is 43.4 Å². The monoisotopic (exact) mass is 308 g/mol. The number of aryl methyl sites for hydroxylation is 2. The van der Waals surface area contributed by atoms with Gasteiger partial charge in [0.2, 0.25) is 0 Å². The molecule has 0 unspecified atom stereocenters. The van der Waals surface area contributed by atoms with Crippen molar-refractivity contribution in [3.05, 3.63) is 64.7 Å². The Labute approximate surface area is 136 Å². The Balaban J connectivity index is 1.64. The van der Waals surface area contributed by atoms with E-state index in [1.54, 1.807) is 24.3 Å². The van der Waals surface area contributed by atoms with Gasteiger partial charge in [-0.3, -0.25) is 9.59 Å². The molecule has 3 rings (SSSR count). The molecular formula is C20H20O3. The molecule has 0 saturated carbocycles. The molecule has 118 valence electrons. The Hall–Kier alpha value is -2.42. The van der Waals surface area contributed by atoms with E-state index in [1.165, 1.54) is 30.9 Å². The van der Waals surface area contributed by atoms with Crippen LogP contribution in [0.3, 0.4) is 0 Å². The lowest BCUT2D eigenvalue weighted by Gasteiger charge is -2.16. The number of hydrogen-bond acceptors (Lipinski definition) is 3. The highest BCUT2D eigenvalue weighted by molar-refractivity contribution is 5.94. The fraction of sp³-hybridized carbons (Fsp3) is 0.300. The van der Waals surface area contributed by atoms with Crippen LogP contribution >= 0.6 is 0 Å². The highest BCUT2D eigenvalue weighted by Gasteiger charge is 2.12. The number of Topliss-reactive ketones (excluding diaryl/α,β-unsaturated/α-hetero) is 1. The van der Waals surface area contributed by atoms with E-state index in [0.29, 0.717) is 11.3 Å². The molecule has 0 fully saturated rings. The number of fused-ring (bicyclic) bond motifs is 1. The number of rotatable bonds is 4. The van der Waals surface area contributed by atoms with Gasteiger partial charge in [0.15, 0.2) is 5.78 Å². The van der Waals surface area contributed by atoms with E-state index in [4.69, 9.17) is 4.74 Å². The molecule has 2 aromatic rings. The van der Waals surface area contributed by atoms with Crippen molar-refractivity contribution in [2.24, 2.45) is 0 Å². The van der Waals surface area contributed by atoms with Crippen LogP contribution in [0.2, 0.25) is 0 Å². The molecule has 0 aromatic heterocycles.